The van der Waals surface area contributed by atoms with E-state index in [-0.39, 0.29) is 31.6 Å². The summed E-state index contributed by atoms with van der Waals surface area (Å²) < 4.78 is 5.34. The molecule has 0 aliphatic rings. The van der Waals surface area contributed by atoms with Crippen molar-refractivity contribution < 1.29 is 29.0 Å². The number of nitrogens with one attached hydrogen (secondary N) is 4. The number of primary amides is 1. The molecule has 0 aliphatic carbocycles. The molecule has 0 radical (unpaired) electrons. The Bertz CT molecular complexity index is 1450. The molecule has 12 nitrogen and oxygen atoms in total. The van der Waals surface area contributed by atoms with E-state index >= 15 is 0 Å². The predicted molar refractivity (Wildman–Crippen MR) is 150 cm³/mol. The molecule has 0 aliphatic heterocycles. The molecule has 41 heavy (non-hydrogen) atoms. The molecule has 2 atom stereocenters. The van der Waals surface area contributed by atoms with Gasteiger partial charge in [-0.1, -0.05) is 12.1 Å². The third kappa shape index (κ3) is 9.28. The van der Waals surface area contributed by atoms with E-state index in [1.165, 1.54) is 12.1 Å². The monoisotopic (exact) mass is 562 g/mol. The Balaban J connectivity index is 1.80. The molecule has 216 valence electrons. The van der Waals surface area contributed by atoms with E-state index in [9.17, 15) is 24.3 Å². The van der Waals surface area contributed by atoms with Crippen molar-refractivity contribution in [1.82, 2.24) is 20.9 Å². The smallest absolute Gasteiger partial charge is 0.408 e. The first-order chi connectivity index (χ1) is 19.3. The number of aromatic hydroxyl groups is 1. The highest BCUT2D eigenvalue weighted by Crippen LogP contribution is 2.24. The second kappa shape index (κ2) is 13.3. The Morgan fingerprint density at radius 1 is 1.05 bits per heavy atom. The van der Waals surface area contributed by atoms with Crippen molar-refractivity contribution in [3.8, 4) is 11.8 Å². The third-order valence-electron chi connectivity index (χ3n) is 6.04. The zero-order valence-corrected chi connectivity index (χ0v) is 23.1. The largest absolute Gasteiger partial charge is 0.508 e. The van der Waals surface area contributed by atoms with Crippen LogP contribution in [0.3, 0.4) is 0 Å². The summed E-state index contributed by atoms with van der Waals surface area (Å²) in [7, 11) is 0. The number of aromatic nitrogens is 1. The minimum Gasteiger partial charge on any atom is -0.508 e. The van der Waals surface area contributed by atoms with E-state index in [1.54, 1.807) is 57.3 Å². The molecule has 12 heteroatoms. The summed E-state index contributed by atoms with van der Waals surface area (Å²) in [4.78, 5) is 53.8. The summed E-state index contributed by atoms with van der Waals surface area (Å²) in [5, 5.41) is 27.5. The van der Waals surface area contributed by atoms with Gasteiger partial charge in [0.25, 0.3) is 0 Å². The Morgan fingerprint density at radius 3 is 2.39 bits per heavy atom. The second-order valence-electron chi connectivity index (χ2n) is 10.5. The first kappa shape index (κ1) is 30.5. The Hall–Kier alpha value is -5.05. The highest BCUT2D eigenvalue weighted by molar-refractivity contribution is 5.93. The maximum Gasteiger partial charge on any atom is 0.408 e. The van der Waals surface area contributed by atoms with E-state index in [0.717, 1.165) is 11.1 Å². The molecular formula is C29H34N6O6. The van der Waals surface area contributed by atoms with E-state index in [2.05, 4.69) is 20.9 Å². The first-order valence-corrected chi connectivity index (χ1v) is 13.0. The SMILES string of the molecule is CC(C)(C)OC(=O)N[C@H](Cc1c[nH]c2ccc(O)cc12)C(=O)N[C@@H](CCC(N)=O)C(=O)NCc1ccc(C#N)cc1. The number of nitriles is 1. The van der Waals surface area contributed by atoms with Gasteiger partial charge in [0, 0.05) is 36.5 Å². The summed E-state index contributed by atoms with van der Waals surface area (Å²) in [6.07, 6.45) is 0.598. The number of H-pyrrole nitrogens is 1. The molecule has 4 amide bonds. The Kier molecular flexibility index (Phi) is 9.92. The van der Waals surface area contributed by atoms with Gasteiger partial charge < -0.3 is 36.5 Å². The highest BCUT2D eigenvalue weighted by atomic mass is 16.6. The normalized spacial score (nSPS) is 12.5. The molecule has 0 saturated heterocycles. The van der Waals surface area contributed by atoms with Crippen molar-refractivity contribution in [2.75, 3.05) is 0 Å². The number of carbonyl (C=O) groups excluding carboxylic acids is 4. The lowest BCUT2D eigenvalue weighted by atomic mass is 10.0. The number of amides is 4. The standard InChI is InChI=1S/C29H34N6O6/c1-29(2,3)41-28(40)35-24(12-19-16-32-22-9-8-20(36)13-21(19)22)27(39)34-23(10-11-25(31)37)26(38)33-15-18-6-4-17(14-30)5-7-18/h4-9,13,16,23-24,32,36H,10-12,15H2,1-3H3,(H2,31,37)(H,33,38)(H,34,39)(H,35,40)/t23-,24+/m0/s1. The summed E-state index contributed by atoms with van der Waals surface area (Å²) in [5.74, 6) is -1.86. The van der Waals surface area contributed by atoms with E-state index in [1.807, 2.05) is 6.07 Å². The van der Waals surface area contributed by atoms with Gasteiger partial charge in [-0.25, -0.2) is 4.79 Å². The quantitative estimate of drug-likeness (QED) is 0.206. The third-order valence-corrected chi connectivity index (χ3v) is 6.04. The molecule has 0 spiro atoms. The molecule has 3 rings (SSSR count). The Morgan fingerprint density at radius 2 is 1.76 bits per heavy atom. The fourth-order valence-electron chi connectivity index (χ4n) is 4.05. The lowest BCUT2D eigenvalue weighted by molar-refractivity contribution is -0.130. The summed E-state index contributed by atoms with van der Waals surface area (Å²) >= 11 is 0. The lowest BCUT2D eigenvalue weighted by Gasteiger charge is -2.25. The summed E-state index contributed by atoms with van der Waals surface area (Å²) in [5.41, 5.74) is 7.02. The van der Waals surface area contributed by atoms with Crippen molar-refractivity contribution in [3.63, 3.8) is 0 Å². The Labute approximate surface area is 237 Å². The van der Waals surface area contributed by atoms with Gasteiger partial charge in [0.2, 0.25) is 17.7 Å². The van der Waals surface area contributed by atoms with Crippen LogP contribution in [-0.2, 0) is 32.1 Å². The highest BCUT2D eigenvalue weighted by Gasteiger charge is 2.29. The summed E-state index contributed by atoms with van der Waals surface area (Å²) in [6, 6.07) is 11.1. The molecule has 1 aromatic heterocycles. The van der Waals surface area contributed by atoms with Crippen LogP contribution in [0.4, 0.5) is 4.79 Å². The average Bonchev–Trinajstić information content (AvgIpc) is 3.29. The number of phenols is 1. The fourth-order valence-corrected chi connectivity index (χ4v) is 4.05. The first-order valence-electron chi connectivity index (χ1n) is 13.0. The number of nitrogens with zero attached hydrogens (tertiary/aromatic N) is 1. The van der Waals surface area contributed by atoms with Crippen molar-refractivity contribution >= 4 is 34.7 Å². The van der Waals surface area contributed by atoms with Crippen molar-refractivity contribution in [2.24, 2.45) is 5.73 Å². The van der Waals surface area contributed by atoms with Crippen LogP contribution in [0.1, 0.15) is 50.3 Å². The fraction of sp³-hybridized carbons (Fsp3) is 0.345. The number of alkyl carbamates (subject to hydrolysis) is 1. The van der Waals surface area contributed by atoms with Gasteiger partial charge in [-0.2, -0.15) is 5.26 Å². The number of nitrogens with two attached hydrogens (primary N) is 1. The van der Waals surface area contributed by atoms with Gasteiger partial charge in [0.15, 0.2) is 0 Å². The van der Waals surface area contributed by atoms with Gasteiger partial charge in [0.05, 0.1) is 11.6 Å². The minimum atomic E-state index is -1.17. The number of aromatic amines is 1. The van der Waals surface area contributed by atoms with Crippen LogP contribution < -0.4 is 21.7 Å². The van der Waals surface area contributed by atoms with Gasteiger partial charge in [-0.3, -0.25) is 14.4 Å². The van der Waals surface area contributed by atoms with Crippen LogP contribution >= 0.6 is 0 Å². The molecule has 3 aromatic rings. The topological polar surface area (TPSA) is 199 Å². The van der Waals surface area contributed by atoms with Crippen molar-refractivity contribution in [1.29, 1.82) is 5.26 Å². The molecule has 0 saturated carbocycles. The number of phenolic OH excluding ortho intramolecular Hbond substituents is 1. The number of carbonyl (C=O) groups is 4. The van der Waals surface area contributed by atoms with Gasteiger partial charge in [0.1, 0.15) is 23.4 Å². The van der Waals surface area contributed by atoms with Crippen LogP contribution in [0, 0.1) is 11.3 Å². The molecular weight excluding hydrogens is 528 g/mol. The number of fused-ring (bicyclic) bond motifs is 1. The van der Waals surface area contributed by atoms with Crippen molar-refractivity contribution in [3.05, 3.63) is 65.4 Å². The summed E-state index contributed by atoms with van der Waals surface area (Å²) in [6.45, 7) is 5.17. The van der Waals surface area contributed by atoms with Crippen LogP contribution in [0.5, 0.6) is 5.75 Å². The number of ether oxygens (including phenoxy) is 1. The number of rotatable bonds is 11. The van der Waals surface area contributed by atoms with Gasteiger partial charge in [-0.15, -0.1) is 0 Å². The number of hydrogen-bond donors (Lipinski definition) is 6. The van der Waals surface area contributed by atoms with E-state index in [0.29, 0.717) is 16.5 Å². The second-order valence-corrected chi connectivity index (χ2v) is 10.5. The van der Waals surface area contributed by atoms with Crippen LogP contribution in [-0.4, -0.2) is 51.6 Å². The average molecular weight is 563 g/mol. The van der Waals surface area contributed by atoms with Crippen LogP contribution in [0.15, 0.2) is 48.7 Å². The molecule has 0 bridgehead atoms. The molecule has 1 heterocycles. The minimum absolute atomic E-state index is 0.00390. The zero-order valence-electron chi connectivity index (χ0n) is 23.1. The van der Waals surface area contributed by atoms with Gasteiger partial charge >= 0.3 is 6.09 Å². The maximum absolute atomic E-state index is 13.5. The van der Waals surface area contributed by atoms with Crippen molar-refractivity contribution in [2.45, 2.75) is 64.3 Å². The number of benzene rings is 2. The molecule has 0 unspecified atom stereocenters. The van der Waals surface area contributed by atoms with E-state index in [4.69, 9.17) is 15.7 Å². The molecule has 0 fully saturated rings. The van der Waals surface area contributed by atoms with Crippen LogP contribution in [0.25, 0.3) is 10.9 Å². The number of hydrogen-bond acceptors (Lipinski definition) is 7. The van der Waals surface area contributed by atoms with Crippen LogP contribution in [0.2, 0.25) is 0 Å². The maximum atomic E-state index is 13.5. The van der Waals surface area contributed by atoms with E-state index < -0.39 is 41.5 Å². The molecule has 7 N–H and O–H groups in total. The molecule has 2 aromatic carbocycles. The zero-order chi connectivity index (χ0) is 30.2. The lowest BCUT2D eigenvalue weighted by Crippen LogP contribution is -2.55. The van der Waals surface area contributed by atoms with Gasteiger partial charge in [-0.05, 0) is 68.7 Å². The predicted octanol–water partition coefficient (Wildman–Crippen LogP) is 2.25.